The molecular formula is C20H20F4N2O4S. The van der Waals surface area contributed by atoms with E-state index in [9.17, 15) is 26.0 Å². The van der Waals surface area contributed by atoms with E-state index in [4.69, 9.17) is 9.47 Å². The minimum absolute atomic E-state index is 0.0780. The van der Waals surface area contributed by atoms with Crippen LogP contribution in [-0.4, -0.2) is 50.6 Å². The fourth-order valence-electron chi connectivity index (χ4n) is 3.72. The Kier molecular flexibility index (Phi) is 5.95. The van der Waals surface area contributed by atoms with Crippen LogP contribution < -0.4 is 4.74 Å². The number of sulfonamides is 1. The number of nitrogens with zero attached hydrogens (tertiary/aromatic N) is 2. The molecule has 0 atom stereocenters. The Morgan fingerprint density at radius 1 is 1.03 bits per heavy atom. The maximum absolute atomic E-state index is 13.9. The molecule has 0 spiro atoms. The molecule has 6 nitrogen and oxygen atoms in total. The summed E-state index contributed by atoms with van der Waals surface area (Å²) >= 11 is 0. The first kappa shape index (κ1) is 22.0. The van der Waals surface area contributed by atoms with Crippen LogP contribution in [0.4, 0.5) is 17.6 Å². The van der Waals surface area contributed by atoms with Gasteiger partial charge in [-0.25, -0.2) is 12.8 Å². The molecule has 2 aliphatic heterocycles. The van der Waals surface area contributed by atoms with Crippen LogP contribution in [0.2, 0.25) is 0 Å². The van der Waals surface area contributed by atoms with Gasteiger partial charge in [0.15, 0.2) is 6.79 Å². The zero-order chi connectivity index (χ0) is 22.2. The smallest absolute Gasteiger partial charge is 0.416 e. The first-order valence-corrected chi connectivity index (χ1v) is 11.0. The van der Waals surface area contributed by atoms with Crippen molar-refractivity contribution in [1.82, 2.24) is 9.21 Å². The van der Waals surface area contributed by atoms with Gasteiger partial charge < -0.3 is 9.47 Å². The van der Waals surface area contributed by atoms with Crippen molar-refractivity contribution in [2.24, 2.45) is 0 Å². The van der Waals surface area contributed by atoms with Gasteiger partial charge in [0.1, 0.15) is 11.6 Å². The van der Waals surface area contributed by atoms with Gasteiger partial charge in [-0.15, -0.1) is 0 Å². The predicted molar refractivity (Wildman–Crippen MR) is 102 cm³/mol. The molecule has 0 aromatic heterocycles. The summed E-state index contributed by atoms with van der Waals surface area (Å²) in [4.78, 5) is 1.56. The summed E-state index contributed by atoms with van der Waals surface area (Å²) < 4.78 is 90.3. The summed E-state index contributed by atoms with van der Waals surface area (Å²) in [6.45, 7) is 1.61. The highest BCUT2D eigenvalue weighted by Crippen LogP contribution is 2.32. The fourth-order valence-corrected chi connectivity index (χ4v) is 5.19. The molecule has 2 aromatic rings. The lowest BCUT2D eigenvalue weighted by molar-refractivity contribution is -0.137. The number of piperazine rings is 1. The van der Waals surface area contributed by atoms with E-state index in [0.717, 1.165) is 18.2 Å². The van der Waals surface area contributed by atoms with E-state index in [1.54, 1.807) is 0 Å². The molecule has 0 amide bonds. The van der Waals surface area contributed by atoms with Crippen LogP contribution in [0.15, 0.2) is 41.3 Å². The van der Waals surface area contributed by atoms with Gasteiger partial charge in [0.25, 0.3) is 0 Å². The minimum Gasteiger partial charge on any atom is -0.467 e. The number of hydrogen-bond acceptors (Lipinski definition) is 5. The summed E-state index contributed by atoms with van der Waals surface area (Å²) in [5.41, 5.74) is 0.256. The first-order chi connectivity index (χ1) is 14.6. The van der Waals surface area contributed by atoms with Crippen LogP contribution in [-0.2, 0) is 34.1 Å². The van der Waals surface area contributed by atoms with E-state index >= 15 is 0 Å². The predicted octanol–water partition coefficient (Wildman–Crippen LogP) is 3.22. The molecule has 0 bridgehead atoms. The second kappa shape index (κ2) is 8.38. The summed E-state index contributed by atoms with van der Waals surface area (Å²) in [5.74, 6) is 0.167. The molecule has 2 aromatic carbocycles. The summed E-state index contributed by atoms with van der Waals surface area (Å²) in [6, 6.07) is 6.48. The van der Waals surface area contributed by atoms with E-state index in [0.29, 0.717) is 42.6 Å². The Hall–Kier alpha value is -2.21. The zero-order valence-corrected chi connectivity index (χ0v) is 17.2. The third-order valence-corrected chi connectivity index (χ3v) is 7.17. The maximum Gasteiger partial charge on any atom is 0.416 e. The SMILES string of the molecule is O=S(=O)(c1cccc(C(F)(F)F)c1)N1CCN(Cc2cc(F)cc3c2OCOC3)CC1. The topological polar surface area (TPSA) is 59.1 Å². The number of alkyl halides is 3. The van der Waals surface area contributed by atoms with Crippen LogP contribution in [0.5, 0.6) is 5.75 Å². The quantitative estimate of drug-likeness (QED) is 0.656. The number of benzene rings is 2. The van der Waals surface area contributed by atoms with E-state index in [-0.39, 0.29) is 31.4 Å². The number of halogens is 4. The van der Waals surface area contributed by atoms with Crippen molar-refractivity contribution in [3.05, 3.63) is 58.9 Å². The van der Waals surface area contributed by atoms with Crippen LogP contribution in [0.25, 0.3) is 0 Å². The van der Waals surface area contributed by atoms with Gasteiger partial charge in [0, 0.05) is 43.9 Å². The van der Waals surface area contributed by atoms with E-state index < -0.39 is 27.6 Å². The van der Waals surface area contributed by atoms with Crippen molar-refractivity contribution >= 4 is 10.0 Å². The molecule has 0 aliphatic carbocycles. The molecule has 4 rings (SSSR count). The lowest BCUT2D eigenvalue weighted by Crippen LogP contribution is -2.48. The molecule has 31 heavy (non-hydrogen) atoms. The maximum atomic E-state index is 13.9. The van der Waals surface area contributed by atoms with E-state index in [1.807, 2.05) is 4.90 Å². The standard InChI is InChI=1S/C20H20F4N2O4S/c21-17-8-14(19-15(9-17)12-29-13-30-19)11-25-4-6-26(7-5-25)31(27,28)18-3-1-2-16(10-18)20(22,23)24/h1-3,8-10H,4-7,11-13H2. The molecule has 0 N–H and O–H groups in total. The molecule has 168 valence electrons. The number of hydrogen-bond donors (Lipinski definition) is 0. The van der Waals surface area contributed by atoms with Crippen molar-refractivity contribution in [3.8, 4) is 5.75 Å². The summed E-state index contributed by atoms with van der Waals surface area (Å²) in [5, 5.41) is 0. The Balaban J connectivity index is 1.45. The van der Waals surface area contributed by atoms with Gasteiger partial charge in [-0.2, -0.15) is 17.5 Å². The van der Waals surface area contributed by atoms with Crippen LogP contribution in [0.1, 0.15) is 16.7 Å². The van der Waals surface area contributed by atoms with Gasteiger partial charge in [-0.1, -0.05) is 6.07 Å². The van der Waals surface area contributed by atoms with Gasteiger partial charge in [0.05, 0.1) is 17.1 Å². The fraction of sp³-hybridized carbons (Fsp3) is 0.400. The Morgan fingerprint density at radius 3 is 2.48 bits per heavy atom. The molecule has 1 fully saturated rings. The molecule has 2 aliphatic rings. The van der Waals surface area contributed by atoms with Crippen molar-refractivity contribution < 1.29 is 35.5 Å². The Labute approximate surface area is 177 Å². The highest BCUT2D eigenvalue weighted by molar-refractivity contribution is 7.89. The van der Waals surface area contributed by atoms with Crippen molar-refractivity contribution in [3.63, 3.8) is 0 Å². The molecule has 1 saturated heterocycles. The Morgan fingerprint density at radius 2 is 1.77 bits per heavy atom. The number of rotatable bonds is 4. The summed E-state index contributed by atoms with van der Waals surface area (Å²) in [6.07, 6.45) is -4.62. The van der Waals surface area contributed by atoms with Gasteiger partial charge in [-0.05, 0) is 30.3 Å². The van der Waals surface area contributed by atoms with Crippen LogP contribution in [0, 0.1) is 5.82 Å². The third-order valence-electron chi connectivity index (χ3n) is 5.28. The van der Waals surface area contributed by atoms with Crippen LogP contribution in [0.3, 0.4) is 0 Å². The number of fused-ring (bicyclic) bond motifs is 1. The first-order valence-electron chi connectivity index (χ1n) is 9.56. The minimum atomic E-state index is -4.62. The van der Waals surface area contributed by atoms with E-state index in [2.05, 4.69) is 0 Å². The highest BCUT2D eigenvalue weighted by atomic mass is 32.2. The normalized spacial score (nSPS) is 18.5. The lowest BCUT2D eigenvalue weighted by atomic mass is 10.1. The molecule has 11 heteroatoms. The molecular weight excluding hydrogens is 440 g/mol. The Bertz CT molecular complexity index is 1070. The molecule has 0 unspecified atom stereocenters. The van der Waals surface area contributed by atoms with Gasteiger partial charge >= 0.3 is 6.18 Å². The molecule has 2 heterocycles. The van der Waals surface area contributed by atoms with Gasteiger partial charge in [0.2, 0.25) is 10.0 Å². The average molecular weight is 460 g/mol. The molecule has 0 radical (unpaired) electrons. The second-order valence-corrected chi connectivity index (χ2v) is 9.31. The summed E-state index contributed by atoms with van der Waals surface area (Å²) in [7, 11) is -4.06. The largest absolute Gasteiger partial charge is 0.467 e. The lowest BCUT2D eigenvalue weighted by Gasteiger charge is -2.34. The average Bonchev–Trinajstić information content (AvgIpc) is 2.73. The molecule has 0 saturated carbocycles. The zero-order valence-electron chi connectivity index (χ0n) is 16.4. The van der Waals surface area contributed by atoms with Crippen molar-refractivity contribution in [2.45, 2.75) is 24.2 Å². The number of ether oxygens (including phenoxy) is 2. The van der Waals surface area contributed by atoms with Crippen molar-refractivity contribution in [1.29, 1.82) is 0 Å². The van der Waals surface area contributed by atoms with Crippen LogP contribution >= 0.6 is 0 Å². The van der Waals surface area contributed by atoms with E-state index in [1.165, 1.54) is 16.4 Å². The van der Waals surface area contributed by atoms with Crippen molar-refractivity contribution in [2.75, 3.05) is 33.0 Å². The van der Waals surface area contributed by atoms with Gasteiger partial charge in [-0.3, -0.25) is 4.90 Å². The highest BCUT2D eigenvalue weighted by Gasteiger charge is 2.34. The monoisotopic (exact) mass is 460 g/mol. The third kappa shape index (κ3) is 4.69. The second-order valence-electron chi connectivity index (χ2n) is 7.37.